The third-order valence-corrected chi connectivity index (χ3v) is 5.42. The summed E-state index contributed by atoms with van der Waals surface area (Å²) in [6.07, 6.45) is 24.5. The first-order valence-electron chi connectivity index (χ1n) is 9.12. The average molecular weight is 324 g/mol. The van der Waals surface area contributed by atoms with Crippen LogP contribution in [0.5, 0.6) is 0 Å². The normalized spacial score (nSPS) is 28.9. The van der Waals surface area contributed by atoms with Gasteiger partial charge in [-0.1, -0.05) is 98.9 Å². The molecule has 0 nitrogen and oxygen atoms in total. The lowest BCUT2D eigenvalue weighted by atomic mass is 9.81. The van der Waals surface area contributed by atoms with Crippen LogP contribution in [0.1, 0.15) is 37.8 Å². The van der Waals surface area contributed by atoms with Crippen LogP contribution in [0.15, 0.2) is 102 Å². The number of rotatable bonds is 0. The van der Waals surface area contributed by atoms with Gasteiger partial charge < -0.3 is 0 Å². The molecule has 0 saturated carbocycles. The molecular formula is C25H24. The first-order valence-corrected chi connectivity index (χ1v) is 9.12. The van der Waals surface area contributed by atoms with Gasteiger partial charge in [0.25, 0.3) is 0 Å². The Morgan fingerprint density at radius 1 is 0.840 bits per heavy atom. The van der Waals surface area contributed by atoms with E-state index in [0.717, 1.165) is 12.8 Å². The number of benzene rings is 1. The number of hydrogen-bond acceptors (Lipinski definition) is 0. The maximum atomic E-state index is 2.32. The minimum atomic E-state index is 0.0342. The summed E-state index contributed by atoms with van der Waals surface area (Å²) in [5.74, 6) is 0. The van der Waals surface area contributed by atoms with Gasteiger partial charge in [0.2, 0.25) is 0 Å². The van der Waals surface area contributed by atoms with Crippen LogP contribution < -0.4 is 0 Å². The van der Waals surface area contributed by atoms with Crippen LogP contribution in [0.2, 0.25) is 0 Å². The number of hydrogen-bond donors (Lipinski definition) is 0. The quantitative estimate of drug-likeness (QED) is 0.503. The fourth-order valence-corrected chi connectivity index (χ4v) is 4.05. The Morgan fingerprint density at radius 2 is 1.72 bits per heavy atom. The molecule has 0 aliphatic heterocycles. The van der Waals surface area contributed by atoms with E-state index < -0.39 is 0 Å². The van der Waals surface area contributed by atoms with E-state index >= 15 is 0 Å². The molecule has 0 heteroatoms. The van der Waals surface area contributed by atoms with Gasteiger partial charge in [-0.05, 0) is 46.3 Å². The summed E-state index contributed by atoms with van der Waals surface area (Å²) >= 11 is 0. The molecule has 0 radical (unpaired) electrons. The highest BCUT2D eigenvalue weighted by Gasteiger charge is 2.34. The van der Waals surface area contributed by atoms with Crippen LogP contribution in [0.3, 0.4) is 0 Å². The third-order valence-electron chi connectivity index (χ3n) is 5.42. The molecule has 0 aromatic heterocycles. The Balaban J connectivity index is 1.86. The van der Waals surface area contributed by atoms with Gasteiger partial charge in [0, 0.05) is 5.41 Å². The van der Waals surface area contributed by atoms with Gasteiger partial charge in [-0.15, -0.1) is 0 Å². The van der Waals surface area contributed by atoms with Crippen LogP contribution in [0.25, 0.3) is 5.57 Å². The standard InChI is InChI=1S/C25H24/c1-25(2)23-17-5-3-4-11-19-12-6-7-13-20(19)14-10-16-22(23)21-15-8-9-18-24(21)25/h3-6,8-12,14-18H,7,13H2,1-2H3/b4-3+,5-3?,11-4?,14-10?,16-10+,17-5-,19-11-,20-14-,22-16?,23-17?. The highest BCUT2D eigenvalue weighted by atomic mass is 14.4. The van der Waals surface area contributed by atoms with Crippen LogP contribution in [-0.4, -0.2) is 0 Å². The highest BCUT2D eigenvalue weighted by molar-refractivity contribution is 5.88. The largest absolute Gasteiger partial charge is 0.0836 e. The van der Waals surface area contributed by atoms with E-state index in [1.54, 1.807) is 0 Å². The Morgan fingerprint density at radius 3 is 2.64 bits per heavy atom. The van der Waals surface area contributed by atoms with E-state index in [1.165, 1.54) is 33.4 Å². The van der Waals surface area contributed by atoms with Crippen molar-refractivity contribution in [3.05, 3.63) is 113 Å². The zero-order valence-electron chi connectivity index (χ0n) is 15.0. The SMILES string of the molecule is CC1(C)C2=C(/C=C/C=C3/CCC=C/C3=C/C=C/C=C\2)c2ccccc21. The maximum absolute atomic E-state index is 2.32. The van der Waals surface area contributed by atoms with Gasteiger partial charge in [0.1, 0.15) is 0 Å². The zero-order chi connectivity index (χ0) is 17.3. The van der Waals surface area contributed by atoms with Crippen LogP contribution in [-0.2, 0) is 5.41 Å². The molecule has 1 aromatic rings. The molecular weight excluding hydrogens is 300 g/mol. The van der Waals surface area contributed by atoms with Crippen molar-refractivity contribution in [2.45, 2.75) is 32.1 Å². The number of allylic oxidation sites excluding steroid dienone is 14. The summed E-state index contributed by atoms with van der Waals surface area (Å²) in [5, 5.41) is 0. The molecule has 0 heterocycles. The lowest BCUT2D eigenvalue weighted by molar-refractivity contribution is 0.654. The molecule has 0 spiro atoms. The summed E-state index contributed by atoms with van der Waals surface area (Å²) in [4.78, 5) is 0. The van der Waals surface area contributed by atoms with Crippen molar-refractivity contribution >= 4 is 5.57 Å². The average Bonchev–Trinajstić information content (AvgIpc) is 2.82. The molecule has 124 valence electrons. The van der Waals surface area contributed by atoms with Crippen molar-refractivity contribution in [2.24, 2.45) is 0 Å². The molecule has 0 saturated heterocycles. The minimum absolute atomic E-state index is 0.0342. The monoisotopic (exact) mass is 324 g/mol. The first-order chi connectivity index (χ1) is 12.2. The summed E-state index contributed by atoms with van der Waals surface area (Å²) in [6, 6.07) is 8.81. The van der Waals surface area contributed by atoms with E-state index in [2.05, 4.69) is 98.9 Å². The second-order valence-corrected chi connectivity index (χ2v) is 7.36. The fourth-order valence-electron chi connectivity index (χ4n) is 4.05. The molecule has 1 aromatic carbocycles. The van der Waals surface area contributed by atoms with E-state index in [4.69, 9.17) is 0 Å². The zero-order valence-corrected chi connectivity index (χ0v) is 15.0. The molecule has 0 unspecified atom stereocenters. The van der Waals surface area contributed by atoms with E-state index in [1.807, 2.05) is 0 Å². The molecule has 0 atom stereocenters. The van der Waals surface area contributed by atoms with Crippen LogP contribution >= 0.6 is 0 Å². The summed E-state index contributed by atoms with van der Waals surface area (Å²) in [7, 11) is 0. The van der Waals surface area contributed by atoms with Crippen molar-refractivity contribution < 1.29 is 0 Å². The number of fused-ring (bicyclic) bond motifs is 3. The van der Waals surface area contributed by atoms with Crippen molar-refractivity contribution in [3.8, 4) is 0 Å². The van der Waals surface area contributed by atoms with Crippen LogP contribution in [0.4, 0.5) is 0 Å². The second kappa shape index (κ2) is 6.37. The molecule has 25 heavy (non-hydrogen) atoms. The summed E-state index contributed by atoms with van der Waals surface area (Å²) in [6.45, 7) is 4.65. The Hall–Kier alpha value is -2.60. The van der Waals surface area contributed by atoms with Gasteiger partial charge in [0.05, 0.1) is 0 Å². The molecule has 0 bridgehead atoms. The predicted molar refractivity (Wildman–Crippen MR) is 108 cm³/mol. The van der Waals surface area contributed by atoms with E-state index in [-0.39, 0.29) is 5.41 Å². The van der Waals surface area contributed by atoms with Gasteiger partial charge in [-0.2, -0.15) is 0 Å². The minimum Gasteiger partial charge on any atom is -0.0836 e. The van der Waals surface area contributed by atoms with Crippen molar-refractivity contribution in [1.82, 2.24) is 0 Å². The second-order valence-electron chi connectivity index (χ2n) is 7.36. The molecule has 0 N–H and O–H groups in total. The highest BCUT2D eigenvalue weighted by Crippen LogP contribution is 2.47. The molecule has 0 amide bonds. The lowest BCUT2D eigenvalue weighted by Gasteiger charge is -2.22. The maximum Gasteiger partial charge on any atom is 0.0158 e. The molecule has 3 aliphatic rings. The fraction of sp³-hybridized carbons (Fsp3) is 0.200. The van der Waals surface area contributed by atoms with Crippen molar-refractivity contribution in [3.63, 3.8) is 0 Å². The van der Waals surface area contributed by atoms with Crippen LogP contribution in [0, 0.1) is 0 Å². The summed E-state index contributed by atoms with van der Waals surface area (Å²) in [5.41, 5.74) is 8.29. The molecule has 0 fully saturated rings. The predicted octanol–water partition coefficient (Wildman–Crippen LogP) is 6.62. The topological polar surface area (TPSA) is 0 Å². The molecule has 4 rings (SSSR count). The Kier molecular flexibility index (Phi) is 4.05. The molecule has 3 aliphatic carbocycles. The van der Waals surface area contributed by atoms with Crippen molar-refractivity contribution in [2.75, 3.05) is 0 Å². The first kappa shape index (κ1) is 15.9. The van der Waals surface area contributed by atoms with Crippen molar-refractivity contribution in [1.29, 1.82) is 0 Å². The smallest absolute Gasteiger partial charge is 0.0158 e. The Labute approximate surface area is 151 Å². The lowest BCUT2D eigenvalue weighted by Crippen LogP contribution is -2.15. The van der Waals surface area contributed by atoms with Gasteiger partial charge in [-0.25, -0.2) is 0 Å². The van der Waals surface area contributed by atoms with Gasteiger partial charge in [-0.3, -0.25) is 0 Å². The summed E-state index contributed by atoms with van der Waals surface area (Å²) < 4.78 is 0. The van der Waals surface area contributed by atoms with E-state index in [0.29, 0.717) is 0 Å². The van der Waals surface area contributed by atoms with E-state index in [9.17, 15) is 0 Å². The third kappa shape index (κ3) is 2.82. The van der Waals surface area contributed by atoms with Gasteiger partial charge in [0.15, 0.2) is 0 Å². The Bertz CT molecular complexity index is 905. The van der Waals surface area contributed by atoms with Gasteiger partial charge >= 0.3 is 0 Å².